The van der Waals surface area contributed by atoms with Crippen molar-refractivity contribution in [2.45, 2.75) is 13.8 Å². The summed E-state index contributed by atoms with van der Waals surface area (Å²) in [5.74, 6) is 1.95. The molecule has 0 radical (unpaired) electrons. The number of hydrogen-bond donors (Lipinski definition) is 1. The molecule has 0 bridgehead atoms. The molecule has 1 aliphatic rings. The molecular weight excluding hydrogens is 376 g/mol. The molecule has 3 aromatic rings. The first kappa shape index (κ1) is 18.3. The first-order valence-electron chi connectivity index (χ1n) is 9.05. The van der Waals surface area contributed by atoms with Crippen LogP contribution in [0.3, 0.4) is 0 Å². The van der Waals surface area contributed by atoms with Crippen molar-refractivity contribution in [2.24, 2.45) is 0 Å². The molecule has 6 nitrogen and oxygen atoms in total. The molecule has 1 amide bonds. The van der Waals surface area contributed by atoms with Gasteiger partial charge in [-0.3, -0.25) is 4.79 Å². The Balaban J connectivity index is 1.52. The Morgan fingerprint density at radius 2 is 1.89 bits per heavy atom. The van der Waals surface area contributed by atoms with Gasteiger partial charge in [0.05, 0.1) is 12.3 Å². The fraction of sp³-hybridized carbons (Fsp3) is 0.238. The number of nitrogens with one attached hydrogen (secondary N) is 1. The number of aromatic nitrogens is 1. The fourth-order valence-electron chi connectivity index (χ4n) is 2.90. The number of fused-ring (bicyclic) bond motifs is 1. The maximum atomic E-state index is 12.8. The first-order chi connectivity index (χ1) is 13.6. The van der Waals surface area contributed by atoms with Crippen molar-refractivity contribution in [2.75, 3.05) is 25.1 Å². The number of carbonyl (C=O) groups excluding carboxylic acids is 1. The number of thiazole rings is 1. The van der Waals surface area contributed by atoms with Crippen LogP contribution >= 0.6 is 11.3 Å². The van der Waals surface area contributed by atoms with Crippen molar-refractivity contribution in [1.82, 2.24) is 4.98 Å². The van der Waals surface area contributed by atoms with E-state index in [4.69, 9.17) is 14.2 Å². The SMILES string of the molecule is CCOc1ccc(-c2nc(C)c(C(=O)Nc3ccc4c(c3)OCCO4)s2)cc1. The number of amides is 1. The molecule has 2 heterocycles. The summed E-state index contributed by atoms with van der Waals surface area (Å²) >= 11 is 1.37. The Hall–Kier alpha value is -3.06. The van der Waals surface area contributed by atoms with E-state index in [-0.39, 0.29) is 5.91 Å². The zero-order chi connectivity index (χ0) is 19.5. The molecule has 0 fully saturated rings. The third-order valence-corrected chi connectivity index (χ3v) is 5.42. The summed E-state index contributed by atoms with van der Waals surface area (Å²) in [6.45, 7) is 5.45. The third kappa shape index (κ3) is 3.80. The smallest absolute Gasteiger partial charge is 0.267 e. The number of aryl methyl sites for hydroxylation is 1. The van der Waals surface area contributed by atoms with Gasteiger partial charge < -0.3 is 19.5 Å². The standard InChI is InChI=1S/C21H20N2O4S/c1-3-25-16-7-4-14(5-8-16)21-22-13(2)19(28-21)20(24)23-15-6-9-17-18(12-15)27-11-10-26-17/h4-9,12H,3,10-11H2,1-2H3,(H,23,24). The van der Waals surface area contributed by atoms with Crippen LogP contribution < -0.4 is 19.5 Å². The summed E-state index contributed by atoms with van der Waals surface area (Å²) in [5, 5.41) is 3.71. The van der Waals surface area contributed by atoms with Gasteiger partial charge in [0.15, 0.2) is 11.5 Å². The Bertz CT molecular complexity index is 998. The number of nitrogens with zero attached hydrogens (tertiary/aromatic N) is 1. The average Bonchev–Trinajstić information content (AvgIpc) is 3.10. The Morgan fingerprint density at radius 3 is 2.64 bits per heavy atom. The van der Waals surface area contributed by atoms with Crippen LogP contribution in [0, 0.1) is 6.92 Å². The van der Waals surface area contributed by atoms with Crippen LogP contribution in [0.1, 0.15) is 22.3 Å². The van der Waals surface area contributed by atoms with E-state index in [1.54, 1.807) is 18.2 Å². The van der Waals surface area contributed by atoms with Gasteiger partial charge in [-0.1, -0.05) is 0 Å². The normalized spacial score (nSPS) is 12.5. The molecule has 144 valence electrons. The molecule has 0 spiro atoms. The Kier molecular flexibility index (Phi) is 5.16. The van der Waals surface area contributed by atoms with Crippen molar-refractivity contribution in [3.8, 4) is 27.8 Å². The van der Waals surface area contributed by atoms with Gasteiger partial charge in [0.1, 0.15) is 28.8 Å². The molecule has 0 saturated carbocycles. The highest BCUT2D eigenvalue weighted by molar-refractivity contribution is 7.17. The molecule has 0 aliphatic carbocycles. The van der Waals surface area contributed by atoms with E-state index in [1.165, 1.54) is 11.3 Å². The summed E-state index contributed by atoms with van der Waals surface area (Å²) in [4.78, 5) is 17.9. The second kappa shape index (κ2) is 7.90. The number of benzene rings is 2. The molecule has 1 N–H and O–H groups in total. The van der Waals surface area contributed by atoms with Crippen molar-refractivity contribution >= 4 is 22.9 Å². The molecule has 2 aromatic carbocycles. The van der Waals surface area contributed by atoms with Gasteiger partial charge in [0, 0.05) is 17.3 Å². The van der Waals surface area contributed by atoms with E-state index in [2.05, 4.69) is 10.3 Å². The van der Waals surface area contributed by atoms with Crippen molar-refractivity contribution < 1.29 is 19.0 Å². The zero-order valence-electron chi connectivity index (χ0n) is 15.7. The Morgan fingerprint density at radius 1 is 1.14 bits per heavy atom. The van der Waals surface area contributed by atoms with Gasteiger partial charge >= 0.3 is 0 Å². The quantitative estimate of drug-likeness (QED) is 0.686. The zero-order valence-corrected chi connectivity index (χ0v) is 16.5. The minimum atomic E-state index is -0.191. The lowest BCUT2D eigenvalue weighted by Crippen LogP contribution is -2.16. The van der Waals surface area contributed by atoms with Gasteiger partial charge in [-0.15, -0.1) is 11.3 Å². The lowest BCUT2D eigenvalue weighted by molar-refractivity contribution is 0.102. The number of carbonyl (C=O) groups is 1. The lowest BCUT2D eigenvalue weighted by Gasteiger charge is -2.18. The second-order valence-electron chi connectivity index (χ2n) is 6.20. The summed E-state index contributed by atoms with van der Waals surface area (Å²) in [6.07, 6.45) is 0. The van der Waals surface area contributed by atoms with Gasteiger partial charge in [0.25, 0.3) is 5.91 Å². The third-order valence-electron chi connectivity index (χ3n) is 4.22. The van der Waals surface area contributed by atoms with E-state index in [1.807, 2.05) is 38.1 Å². The van der Waals surface area contributed by atoms with Gasteiger partial charge in [0.2, 0.25) is 0 Å². The van der Waals surface area contributed by atoms with Gasteiger partial charge in [-0.05, 0) is 50.2 Å². The van der Waals surface area contributed by atoms with Crippen LogP contribution in [0.2, 0.25) is 0 Å². The molecule has 1 aromatic heterocycles. The van der Waals surface area contributed by atoms with Crippen molar-refractivity contribution in [3.05, 3.63) is 53.0 Å². The minimum Gasteiger partial charge on any atom is -0.494 e. The lowest BCUT2D eigenvalue weighted by atomic mass is 10.2. The largest absolute Gasteiger partial charge is 0.494 e. The van der Waals surface area contributed by atoms with Crippen LogP contribution in [-0.4, -0.2) is 30.7 Å². The fourth-order valence-corrected chi connectivity index (χ4v) is 3.87. The molecular formula is C21H20N2O4S. The maximum Gasteiger partial charge on any atom is 0.267 e. The minimum absolute atomic E-state index is 0.191. The highest BCUT2D eigenvalue weighted by Gasteiger charge is 2.18. The molecule has 0 atom stereocenters. The maximum absolute atomic E-state index is 12.8. The van der Waals surface area contributed by atoms with Crippen LogP contribution in [0.15, 0.2) is 42.5 Å². The van der Waals surface area contributed by atoms with E-state index < -0.39 is 0 Å². The number of rotatable bonds is 5. The molecule has 4 rings (SSSR count). The second-order valence-corrected chi connectivity index (χ2v) is 7.20. The first-order valence-corrected chi connectivity index (χ1v) is 9.87. The number of hydrogen-bond acceptors (Lipinski definition) is 6. The average molecular weight is 396 g/mol. The molecule has 0 unspecified atom stereocenters. The predicted molar refractivity (Wildman–Crippen MR) is 109 cm³/mol. The monoisotopic (exact) mass is 396 g/mol. The summed E-state index contributed by atoms with van der Waals surface area (Å²) in [5.41, 5.74) is 2.31. The summed E-state index contributed by atoms with van der Waals surface area (Å²) in [6, 6.07) is 13.1. The molecule has 7 heteroatoms. The summed E-state index contributed by atoms with van der Waals surface area (Å²) < 4.78 is 16.5. The van der Waals surface area contributed by atoms with Crippen molar-refractivity contribution in [1.29, 1.82) is 0 Å². The molecule has 28 heavy (non-hydrogen) atoms. The van der Waals surface area contributed by atoms with Crippen LogP contribution in [-0.2, 0) is 0 Å². The van der Waals surface area contributed by atoms with Crippen LogP contribution in [0.25, 0.3) is 10.6 Å². The van der Waals surface area contributed by atoms with Crippen LogP contribution in [0.5, 0.6) is 17.2 Å². The highest BCUT2D eigenvalue weighted by atomic mass is 32.1. The van der Waals surface area contributed by atoms with Crippen molar-refractivity contribution in [3.63, 3.8) is 0 Å². The Labute approximate surface area is 167 Å². The molecule has 0 saturated heterocycles. The van der Waals surface area contributed by atoms with Gasteiger partial charge in [-0.2, -0.15) is 0 Å². The van der Waals surface area contributed by atoms with E-state index in [9.17, 15) is 4.79 Å². The van der Waals surface area contributed by atoms with Gasteiger partial charge in [-0.25, -0.2) is 4.98 Å². The number of ether oxygens (including phenoxy) is 3. The molecule has 1 aliphatic heterocycles. The summed E-state index contributed by atoms with van der Waals surface area (Å²) in [7, 11) is 0. The van der Waals surface area contributed by atoms with E-state index in [0.29, 0.717) is 47.6 Å². The van der Waals surface area contributed by atoms with Crippen LogP contribution in [0.4, 0.5) is 5.69 Å². The predicted octanol–water partition coefficient (Wildman–Crippen LogP) is 4.54. The highest BCUT2D eigenvalue weighted by Crippen LogP contribution is 2.34. The van der Waals surface area contributed by atoms with E-state index in [0.717, 1.165) is 16.3 Å². The number of anilines is 1. The topological polar surface area (TPSA) is 69.7 Å². The van der Waals surface area contributed by atoms with E-state index >= 15 is 0 Å².